The fourth-order valence-electron chi connectivity index (χ4n) is 5.60. The molecule has 2 fully saturated rings. The molecule has 0 aliphatic heterocycles. The van der Waals surface area contributed by atoms with E-state index in [1.165, 1.54) is 11.3 Å². The topological polar surface area (TPSA) is 98.7 Å². The minimum atomic E-state index is -1.00. The highest BCUT2D eigenvalue weighted by Crippen LogP contribution is 2.39. The summed E-state index contributed by atoms with van der Waals surface area (Å²) in [4.78, 5) is 29.3. The van der Waals surface area contributed by atoms with Gasteiger partial charge in [-0.3, -0.25) is 9.80 Å². The number of anilines is 2. The molecule has 0 aromatic carbocycles. The van der Waals surface area contributed by atoms with E-state index >= 15 is 0 Å². The SMILES string of the molecule is Cc1ccc(N(C)NC2CCC(N(C(=O)C3CCC(C)CC3)c3cc(C#CC(C)(C)C)sc3C(=O)O)CC2)nn1. The van der Waals surface area contributed by atoms with E-state index in [1.54, 1.807) is 0 Å². The van der Waals surface area contributed by atoms with Gasteiger partial charge in [-0.1, -0.05) is 18.8 Å². The molecule has 0 unspecified atom stereocenters. The summed E-state index contributed by atoms with van der Waals surface area (Å²) >= 11 is 1.17. The first-order valence-electron chi connectivity index (χ1n) is 14.4. The zero-order valence-electron chi connectivity index (χ0n) is 24.7. The van der Waals surface area contributed by atoms with E-state index in [4.69, 9.17) is 0 Å². The van der Waals surface area contributed by atoms with Gasteiger partial charge in [0.15, 0.2) is 5.82 Å². The molecule has 1 amide bonds. The number of hydrazine groups is 1. The molecule has 0 bridgehead atoms. The molecule has 2 aromatic heterocycles. The number of carbonyl (C=O) groups excluding carboxylic acids is 1. The second kappa shape index (κ2) is 12.7. The average molecular weight is 566 g/mol. The Morgan fingerprint density at radius 3 is 2.30 bits per heavy atom. The molecule has 2 aromatic rings. The van der Waals surface area contributed by atoms with Crippen LogP contribution < -0.4 is 15.3 Å². The Bertz CT molecular complexity index is 1240. The number of amides is 1. The molecule has 0 saturated heterocycles. The highest BCUT2D eigenvalue weighted by Gasteiger charge is 2.37. The molecule has 2 N–H and O–H groups in total. The first-order valence-corrected chi connectivity index (χ1v) is 15.3. The van der Waals surface area contributed by atoms with E-state index in [2.05, 4.69) is 34.4 Å². The largest absolute Gasteiger partial charge is 0.477 e. The Morgan fingerprint density at radius 2 is 1.73 bits per heavy atom. The van der Waals surface area contributed by atoms with E-state index in [9.17, 15) is 14.7 Å². The fourth-order valence-corrected chi connectivity index (χ4v) is 6.44. The third-order valence-corrected chi connectivity index (χ3v) is 8.92. The molecule has 2 heterocycles. The molecule has 2 saturated carbocycles. The monoisotopic (exact) mass is 565 g/mol. The standard InChI is InChI=1S/C31H43N5O3S/c1-20-7-10-22(11-8-20)29(37)36(26-19-25(17-18-31(3,4)5)40-28(26)30(38)39)24-14-12-23(13-15-24)34-35(6)27-16-9-21(2)32-33-27/h9,16,19-20,22-24,34H,7-8,10-15H2,1-6H3,(H,38,39). The Kier molecular flexibility index (Phi) is 9.52. The first kappa shape index (κ1) is 30.0. The summed E-state index contributed by atoms with van der Waals surface area (Å²) in [5, 5.41) is 20.5. The van der Waals surface area contributed by atoms with Crippen LogP contribution in [0.5, 0.6) is 0 Å². The number of aromatic nitrogens is 2. The van der Waals surface area contributed by atoms with E-state index in [-0.39, 0.29) is 34.2 Å². The molecular formula is C31H43N5O3S. The van der Waals surface area contributed by atoms with Crippen LogP contribution in [0.1, 0.15) is 99.3 Å². The number of hydrogen-bond acceptors (Lipinski definition) is 7. The van der Waals surface area contributed by atoms with Crippen molar-refractivity contribution < 1.29 is 14.7 Å². The van der Waals surface area contributed by atoms with Crippen molar-refractivity contribution in [1.82, 2.24) is 15.6 Å². The van der Waals surface area contributed by atoms with Crippen LogP contribution in [0, 0.1) is 36.0 Å². The van der Waals surface area contributed by atoms with Gasteiger partial charge >= 0.3 is 5.97 Å². The van der Waals surface area contributed by atoms with Crippen LogP contribution in [0.15, 0.2) is 18.2 Å². The molecule has 0 radical (unpaired) electrons. The maximum Gasteiger partial charge on any atom is 0.348 e. The summed E-state index contributed by atoms with van der Waals surface area (Å²) in [6.45, 7) is 10.2. The summed E-state index contributed by atoms with van der Waals surface area (Å²) in [6, 6.07) is 5.89. The average Bonchev–Trinajstić information content (AvgIpc) is 3.33. The van der Waals surface area contributed by atoms with E-state index in [0.717, 1.165) is 62.9 Å². The number of thiophene rings is 1. The fraction of sp³-hybridized carbons (Fsp3) is 0.613. The highest BCUT2D eigenvalue weighted by molar-refractivity contribution is 7.15. The quantitative estimate of drug-likeness (QED) is 0.311. The molecular weight excluding hydrogens is 522 g/mol. The summed E-state index contributed by atoms with van der Waals surface area (Å²) in [5.41, 5.74) is 4.72. The minimum absolute atomic E-state index is 0.0505. The predicted molar refractivity (Wildman–Crippen MR) is 161 cm³/mol. The highest BCUT2D eigenvalue weighted by atomic mass is 32.1. The summed E-state index contributed by atoms with van der Waals surface area (Å²) in [6.07, 6.45) is 7.10. The van der Waals surface area contributed by atoms with Crippen molar-refractivity contribution in [3.63, 3.8) is 0 Å². The number of aromatic carboxylic acids is 1. The van der Waals surface area contributed by atoms with Crippen molar-refractivity contribution in [2.24, 2.45) is 17.3 Å². The zero-order chi connectivity index (χ0) is 29.0. The lowest BCUT2D eigenvalue weighted by Crippen LogP contribution is -2.50. The maximum atomic E-state index is 14.1. The number of hydrogen-bond donors (Lipinski definition) is 2. The lowest BCUT2D eigenvalue weighted by atomic mass is 9.81. The van der Waals surface area contributed by atoms with Crippen molar-refractivity contribution >= 4 is 34.7 Å². The third kappa shape index (κ3) is 7.61. The number of rotatable bonds is 7. The van der Waals surface area contributed by atoms with Crippen LogP contribution in [0.2, 0.25) is 0 Å². The van der Waals surface area contributed by atoms with Gasteiger partial charge in [0.25, 0.3) is 0 Å². The van der Waals surface area contributed by atoms with Crippen molar-refractivity contribution in [2.75, 3.05) is 17.0 Å². The molecule has 9 heteroatoms. The molecule has 4 rings (SSSR count). The Morgan fingerprint density at radius 1 is 1.05 bits per heavy atom. The lowest BCUT2D eigenvalue weighted by molar-refractivity contribution is -0.124. The van der Waals surface area contributed by atoms with Gasteiger partial charge in [-0.25, -0.2) is 10.2 Å². The van der Waals surface area contributed by atoms with E-state index < -0.39 is 5.97 Å². The van der Waals surface area contributed by atoms with Crippen LogP contribution in [0.25, 0.3) is 0 Å². The van der Waals surface area contributed by atoms with Crippen molar-refractivity contribution in [3.8, 4) is 11.8 Å². The van der Waals surface area contributed by atoms with E-state index in [1.807, 2.05) is 62.9 Å². The second-order valence-electron chi connectivity index (χ2n) is 12.5. The normalized spacial score (nSPS) is 23.1. The van der Waals surface area contributed by atoms with Crippen molar-refractivity contribution in [2.45, 2.75) is 98.1 Å². The van der Waals surface area contributed by atoms with Crippen LogP contribution >= 0.6 is 11.3 Å². The number of aryl methyl sites for hydroxylation is 1. The summed E-state index contributed by atoms with van der Waals surface area (Å²) in [7, 11) is 1.94. The lowest BCUT2D eigenvalue weighted by Gasteiger charge is -2.40. The van der Waals surface area contributed by atoms with Gasteiger partial charge in [0.05, 0.1) is 16.3 Å². The molecule has 40 heavy (non-hydrogen) atoms. The molecule has 2 aliphatic rings. The number of carboxylic acid groups (broad SMARTS) is 1. The van der Waals surface area contributed by atoms with Crippen LogP contribution in [-0.4, -0.2) is 46.3 Å². The zero-order valence-corrected chi connectivity index (χ0v) is 25.5. The summed E-state index contributed by atoms with van der Waals surface area (Å²) < 4.78 is 0. The van der Waals surface area contributed by atoms with Gasteiger partial charge < -0.3 is 10.0 Å². The second-order valence-corrected chi connectivity index (χ2v) is 13.6. The van der Waals surface area contributed by atoms with E-state index in [0.29, 0.717) is 16.5 Å². The molecule has 0 spiro atoms. The molecule has 8 nitrogen and oxygen atoms in total. The minimum Gasteiger partial charge on any atom is -0.477 e. The third-order valence-electron chi connectivity index (χ3n) is 7.90. The van der Waals surface area contributed by atoms with Crippen LogP contribution in [0.4, 0.5) is 11.5 Å². The van der Waals surface area contributed by atoms with Gasteiger partial charge in [-0.2, -0.15) is 5.10 Å². The molecule has 216 valence electrons. The maximum absolute atomic E-state index is 14.1. The number of nitrogens with one attached hydrogen (secondary N) is 1. The number of carbonyl (C=O) groups is 2. The predicted octanol–water partition coefficient (Wildman–Crippen LogP) is 6.05. The number of carboxylic acids is 1. The molecule has 0 atom stereocenters. The van der Waals surface area contributed by atoms with Gasteiger partial charge in [0, 0.05) is 30.5 Å². The summed E-state index contributed by atoms with van der Waals surface area (Å²) in [5.74, 6) is 6.77. The van der Waals surface area contributed by atoms with Crippen molar-refractivity contribution in [1.29, 1.82) is 0 Å². The smallest absolute Gasteiger partial charge is 0.348 e. The molecule has 2 aliphatic carbocycles. The van der Waals surface area contributed by atoms with Gasteiger partial charge in [-0.05, 0) is 103 Å². The van der Waals surface area contributed by atoms with Gasteiger partial charge in [0.2, 0.25) is 5.91 Å². The van der Waals surface area contributed by atoms with Gasteiger partial charge in [0.1, 0.15) is 4.88 Å². The van der Waals surface area contributed by atoms with Crippen LogP contribution in [0.3, 0.4) is 0 Å². The van der Waals surface area contributed by atoms with Crippen LogP contribution in [-0.2, 0) is 4.79 Å². The Labute approximate surface area is 242 Å². The number of nitrogens with zero attached hydrogens (tertiary/aromatic N) is 4. The Hall–Kier alpha value is -2.96. The Balaban J connectivity index is 1.57. The van der Waals surface area contributed by atoms with Gasteiger partial charge in [-0.15, -0.1) is 16.4 Å². The first-order chi connectivity index (χ1) is 18.9. The van der Waals surface area contributed by atoms with Crippen molar-refractivity contribution in [3.05, 3.63) is 33.6 Å².